The Morgan fingerprint density at radius 2 is 2.18 bits per heavy atom. The number of hydrogen-bond donors (Lipinski definition) is 1. The molecule has 0 bridgehead atoms. The fourth-order valence-corrected chi connectivity index (χ4v) is 4.27. The number of amides is 1. The van der Waals surface area contributed by atoms with Crippen LogP contribution >= 0.6 is 23.4 Å². The number of anilines is 1. The lowest BCUT2D eigenvalue weighted by atomic mass is 10.1. The van der Waals surface area contributed by atoms with Gasteiger partial charge in [-0.2, -0.15) is 0 Å². The molecule has 6 nitrogen and oxygen atoms in total. The topological polar surface area (TPSA) is 71.1 Å². The van der Waals surface area contributed by atoms with Crippen LogP contribution in [0.25, 0.3) is 11.4 Å². The molecule has 1 N–H and O–H groups in total. The number of ether oxygens (including phenoxy) is 1. The molecule has 0 fully saturated rings. The molecule has 0 saturated carbocycles. The van der Waals surface area contributed by atoms with E-state index in [0.29, 0.717) is 21.8 Å². The summed E-state index contributed by atoms with van der Waals surface area (Å²) in [4.78, 5) is 19.2. The number of halogens is 1. The van der Waals surface area contributed by atoms with Crippen molar-refractivity contribution in [1.82, 2.24) is 15.2 Å². The van der Waals surface area contributed by atoms with Gasteiger partial charge in [-0.3, -0.25) is 9.89 Å². The molecule has 1 atom stereocenters. The summed E-state index contributed by atoms with van der Waals surface area (Å²) in [5.74, 6) is 1.52. The van der Waals surface area contributed by atoms with E-state index in [4.69, 9.17) is 16.3 Å². The van der Waals surface area contributed by atoms with E-state index < -0.39 is 0 Å². The van der Waals surface area contributed by atoms with Crippen molar-refractivity contribution in [2.45, 2.75) is 24.5 Å². The number of benzene rings is 2. The van der Waals surface area contributed by atoms with Gasteiger partial charge in [-0.25, -0.2) is 4.98 Å². The predicted octanol–water partition coefficient (Wildman–Crippen LogP) is 4.20. The molecule has 1 aliphatic heterocycles. The van der Waals surface area contributed by atoms with E-state index in [1.54, 1.807) is 25.3 Å². The maximum Gasteiger partial charge on any atom is 0.237 e. The Morgan fingerprint density at radius 3 is 3.00 bits per heavy atom. The van der Waals surface area contributed by atoms with Crippen LogP contribution in [-0.4, -0.2) is 40.0 Å². The third-order valence-electron chi connectivity index (χ3n) is 4.68. The number of rotatable bonds is 5. The molecule has 28 heavy (non-hydrogen) atoms. The third kappa shape index (κ3) is 3.59. The van der Waals surface area contributed by atoms with Crippen LogP contribution in [0, 0.1) is 0 Å². The number of thioether (sulfide) groups is 1. The second-order valence-corrected chi connectivity index (χ2v) is 7.92. The van der Waals surface area contributed by atoms with Gasteiger partial charge in [-0.15, -0.1) is 5.10 Å². The smallest absolute Gasteiger partial charge is 0.237 e. The van der Waals surface area contributed by atoms with Crippen molar-refractivity contribution in [3.05, 3.63) is 53.1 Å². The average molecular weight is 415 g/mol. The van der Waals surface area contributed by atoms with Gasteiger partial charge in [0, 0.05) is 16.8 Å². The maximum atomic E-state index is 12.8. The standard InChI is InChI=1S/C20H19ClN4O2S/c1-12-9-13-5-3-4-6-16(13)25(12)18(26)11-28-20-22-19(23-24-20)15-10-14(21)7-8-17(15)27-2/h3-8,10,12H,9,11H2,1-2H3,(H,22,23,24)/t12-/m0/s1. The first kappa shape index (κ1) is 18.8. The summed E-state index contributed by atoms with van der Waals surface area (Å²) in [5, 5.41) is 8.20. The zero-order valence-corrected chi connectivity index (χ0v) is 17.0. The number of aromatic nitrogens is 3. The lowest BCUT2D eigenvalue weighted by Crippen LogP contribution is -2.36. The first-order valence-electron chi connectivity index (χ1n) is 8.86. The van der Waals surface area contributed by atoms with Gasteiger partial charge in [0.05, 0.1) is 18.4 Å². The molecule has 2 heterocycles. The van der Waals surface area contributed by atoms with Crippen molar-refractivity contribution in [3.63, 3.8) is 0 Å². The predicted molar refractivity (Wildman–Crippen MR) is 111 cm³/mol. The van der Waals surface area contributed by atoms with Crippen LogP contribution in [0.5, 0.6) is 5.75 Å². The number of para-hydroxylation sites is 1. The Bertz CT molecular complexity index is 1020. The number of methoxy groups -OCH3 is 1. The molecule has 4 rings (SSSR count). The highest BCUT2D eigenvalue weighted by molar-refractivity contribution is 7.99. The van der Waals surface area contributed by atoms with Gasteiger partial charge in [0.2, 0.25) is 11.1 Å². The minimum atomic E-state index is 0.0501. The van der Waals surface area contributed by atoms with Crippen LogP contribution in [0.15, 0.2) is 47.6 Å². The van der Waals surface area contributed by atoms with Gasteiger partial charge < -0.3 is 9.64 Å². The summed E-state index contributed by atoms with van der Waals surface area (Å²) in [6, 6.07) is 13.5. The molecule has 3 aromatic rings. The van der Waals surface area contributed by atoms with Gasteiger partial charge in [-0.1, -0.05) is 41.6 Å². The molecule has 144 valence electrons. The van der Waals surface area contributed by atoms with Gasteiger partial charge in [0.15, 0.2) is 5.82 Å². The first-order chi connectivity index (χ1) is 13.6. The molecule has 2 aromatic carbocycles. The number of nitrogens with one attached hydrogen (secondary N) is 1. The van der Waals surface area contributed by atoms with E-state index >= 15 is 0 Å². The summed E-state index contributed by atoms with van der Waals surface area (Å²) in [6.07, 6.45) is 0.881. The van der Waals surface area contributed by atoms with Crippen LogP contribution in [0.1, 0.15) is 12.5 Å². The maximum absolute atomic E-state index is 12.8. The zero-order valence-electron chi connectivity index (χ0n) is 15.5. The molecule has 0 saturated heterocycles. The van der Waals surface area contributed by atoms with Crippen LogP contribution in [0.4, 0.5) is 5.69 Å². The number of hydrogen-bond acceptors (Lipinski definition) is 5. The average Bonchev–Trinajstić information content (AvgIpc) is 3.29. The Morgan fingerprint density at radius 1 is 1.36 bits per heavy atom. The Balaban J connectivity index is 1.47. The van der Waals surface area contributed by atoms with E-state index in [1.807, 2.05) is 23.1 Å². The first-order valence-corrected chi connectivity index (χ1v) is 10.2. The van der Waals surface area contributed by atoms with Crippen LogP contribution in [0.3, 0.4) is 0 Å². The molecule has 1 amide bonds. The number of carbonyl (C=O) groups is 1. The van der Waals surface area contributed by atoms with Gasteiger partial charge >= 0.3 is 0 Å². The molecular formula is C20H19ClN4O2S. The Labute approximate surface area is 172 Å². The summed E-state index contributed by atoms with van der Waals surface area (Å²) < 4.78 is 5.36. The third-order valence-corrected chi connectivity index (χ3v) is 5.75. The lowest BCUT2D eigenvalue weighted by Gasteiger charge is -2.22. The monoisotopic (exact) mass is 414 g/mol. The van der Waals surface area contributed by atoms with Gasteiger partial charge in [0.1, 0.15) is 5.75 Å². The number of fused-ring (bicyclic) bond motifs is 1. The van der Waals surface area contributed by atoms with E-state index in [0.717, 1.165) is 17.7 Å². The van der Waals surface area contributed by atoms with Gasteiger partial charge in [0.25, 0.3) is 0 Å². The largest absolute Gasteiger partial charge is 0.496 e. The number of carbonyl (C=O) groups excluding carboxylic acids is 1. The van der Waals surface area contributed by atoms with Crippen molar-refractivity contribution < 1.29 is 9.53 Å². The molecule has 1 aliphatic rings. The Kier molecular flexibility index (Phi) is 5.28. The molecule has 1 aromatic heterocycles. The fourth-order valence-electron chi connectivity index (χ4n) is 3.44. The van der Waals surface area contributed by atoms with E-state index in [2.05, 4.69) is 28.2 Å². The van der Waals surface area contributed by atoms with Crippen LogP contribution < -0.4 is 9.64 Å². The molecule has 8 heteroatoms. The number of aromatic amines is 1. The quantitative estimate of drug-likeness (QED) is 0.633. The van der Waals surface area contributed by atoms with E-state index in [9.17, 15) is 4.79 Å². The molecule has 0 radical (unpaired) electrons. The molecule has 0 unspecified atom stereocenters. The van der Waals surface area contributed by atoms with Crippen LogP contribution in [-0.2, 0) is 11.2 Å². The van der Waals surface area contributed by atoms with E-state index in [-0.39, 0.29) is 17.7 Å². The van der Waals surface area contributed by atoms with Crippen LogP contribution in [0.2, 0.25) is 5.02 Å². The second-order valence-electron chi connectivity index (χ2n) is 6.55. The van der Waals surface area contributed by atoms with Crippen molar-refractivity contribution in [3.8, 4) is 17.1 Å². The number of H-pyrrole nitrogens is 1. The summed E-state index contributed by atoms with van der Waals surface area (Å²) in [7, 11) is 1.59. The summed E-state index contributed by atoms with van der Waals surface area (Å²) >= 11 is 7.39. The van der Waals surface area contributed by atoms with Crippen molar-refractivity contribution in [2.24, 2.45) is 0 Å². The highest BCUT2D eigenvalue weighted by Gasteiger charge is 2.30. The molecular weight excluding hydrogens is 396 g/mol. The summed E-state index contributed by atoms with van der Waals surface area (Å²) in [6.45, 7) is 2.07. The van der Waals surface area contributed by atoms with Crippen molar-refractivity contribution >= 4 is 35.0 Å². The molecule has 0 aliphatic carbocycles. The van der Waals surface area contributed by atoms with E-state index in [1.165, 1.54) is 17.3 Å². The van der Waals surface area contributed by atoms with Crippen molar-refractivity contribution in [2.75, 3.05) is 17.8 Å². The number of nitrogens with zero attached hydrogens (tertiary/aromatic N) is 3. The Hall–Kier alpha value is -2.51. The fraction of sp³-hybridized carbons (Fsp3) is 0.250. The van der Waals surface area contributed by atoms with Crippen molar-refractivity contribution in [1.29, 1.82) is 0 Å². The lowest BCUT2D eigenvalue weighted by molar-refractivity contribution is -0.116. The highest BCUT2D eigenvalue weighted by atomic mass is 35.5. The zero-order chi connectivity index (χ0) is 19.7. The highest BCUT2D eigenvalue weighted by Crippen LogP contribution is 2.33. The minimum Gasteiger partial charge on any atom is -0.496 e. The van der Waals surface area contributed by atoms with Gasteiger partial charge in [-0.05, 0) is 43.2 Å². The molecule has 0 spiro atoms. The minimum absolute atomic E-state index is 0.0501. The SMILES string of the molecule is COc1ccc(Cl)cc1-c1nc(SCC(=O)N2c3ccccc3C[C@@H]2C)n[nH]1. The summed E-state index contributed by atoms with van der Waals surface area (Å²) in [5.41, 5.74) is 2.93. The normalized spacial score (nSPS) is 15.5. The second kappa shape index (κ2) is 7.85.